The van der Waals surface area contributed by atoms with Gasteiger partial charge in [0.2, 0.25) is 0 Å². The van der Waals surface area contributed by atoms with Gasteiger partial charge in [0.05, 0.1) is 0 Å². The molecule has 58 valence electrons. The van der Waals surface area contributed by atoms with Crippen LogP contribution in [0.15, 0.2) is 11.8 Å². The Bertz CT molecular complexity index is 138. The Morgan fingerprint density at radius 3 is 2.50 bits per heavy atom. The Morgan fingerprint density at radius 1 is 1.60 bits per heavy atom. The molecule has 0 radical (unpaired) electrons. The first kappa shape index (κ1) is 9.01. The number of ether oxygens (including phenoxy) is 1. The van der Waals surface area contributed by atoms with Crippen LogP contribution in [-0.2, 0) is 4.74 Å². The summed E-state index contributed by atoms with van der Waals surface area (Å²) in [6.07, 6.45) is 1.95. The molecule has 0 rings (SSSR count). The van der Waals surface area contributed by atoms with Crippen molar-refractivity contribution in [2.24, 2.45) is 0 Å². The lowest BCUT2D eigenvalue weighted by atomic mass is 10.3. The third-order valence-electron chi connectivity index (χ3n) is 0.999. The molecule has 0 aromatic carbocycles. The maximum Gasteiger partial charge on any atom is 0.511 e. The van der Waals surface area contributed by atoms with Crippen molar-refractivity contribution in [2.75, 3.05) is 0 Å². The topological polar surface area (TPSA) is 46.5 Å². The van der Waals surface area contributed by atoms with Crippen molar-refractivity contribution in [1.82, 2.24) is 0 Å². The highest BCUT2D eigenvalue weighted by molar-refractivity contribution is 5.58. The minimum atomic E-state index is -1.23. The molecule has 0 heterocycles. The molecule has 0 aromatic heterocycles. The van der Waals surface area contributed by atoms with Crippen LogP contribution >= 0.6 is 0 Å². The zero-order valence-corrected chi connectivity index (χ0v) is 6.26. The van der Waals surface area contributed by atoms with Gasteiger partial charge < -0.3 is 9.84 Å². The zero-order chi connectivity index (χ0) is 7.98. The number of allylic oxidation sites excluding steroid dienone is 2. The Morgan fingerprint density at radius 2 is 2.20 bits per heavy atom. The maximum absolute atomic E-state index is 9.98. The first-order valence-electron chi connectivity index (χ1n) is 3.30. The molecule has 0 aliphatic carbocycles. The molecule has 0 saturated carbocycles. The fourth-order valence-corrected chi connectivity index (χ4v) is 0.598. The van der Waals surface area contributed by atoms with E-state index in [1.165, 1.54) is 0 Å². The predicted molar refractivity (Wildman–Crippen MR) is 37.8 cm³/mol. The summed E-state index contributed by atoms with van der Waals surface area (Å²) in [4.78, 5) is 9.98. The molecule has 0 unspecified atom stereocenters. The number of carboxylic acid groups (broad SMARTS) is 1. The summed E-state index contributed by atoms with van der Waals surface area (Å²) >= 11 is 0. The van der Waals surface area contributed by atoms with Crippen molar-refractivity contribution in [2.45, 2.75) is 26.7 Å². The Labute approximate surface area is 60.3 Å². The first-order valence-corrected chi connectivity index (χ1v) is 3.30. The van der Waals surface area contributed by atoms with Gasteiger partial charge in [-0.15, -0.1) is 0 Å². The van der Waals surface area contributed by atoms with E-state index in [0.717, 1.165) is 6.42 Å². The average molecular weight is 144 g/mol. The average Bonchev–Trinajstić information content (AvgIpc) is 1.86. The van der Waals surface area contributed by atoms with E-state index >= 15 is 0 Å². The van der Waals surface area contributed by atoms with Crippen LogP contribution in [0.4, 0.5) is 4.79 Å². The summed E-state index contributed by atoms with van der Waals surface area (Å²) < 4.78 is 4.42. The van der Waals surface area contributed by atoms with Crippen LogP contribution in [0.25, 0.3) is 0 Å². The Balaban J connectivity index is 3.83. The monoisotopic (exact) mass is 144 g/mol. The lowest BCUT2D eigenvalue weighted by molar-refractivity contribution is 0.116. The molecule has 0 fully saturated rings. The molecule has 3 nitrogen and oxygen atoms in total. The predicted octanol–water partition coefficient (Wildman–Crippen LogP) is 2.38. The Kier molecular flexibility index (Phi) is 4.37. The van der Waals surface area contributed by atoms with Crippen LogP contribution in [0.3, 0.4) is 0 Å². The van der Waals surface area contributed by atoms with Crippen molar-refractivity contribution in [3.05, 3.63) is 11.8 Å². The van der Waals surface area contributed by atoms with Crippen LogP contribution < -0.4 is 0 Å². The number of rotatable bonds is 3. The lowest BCUT2D eigenvalue weighted by Crippen LogP contribution is -1.98. The van der Waals surface area contributed by atoms with Gasteiger partial charge in [0.15, 0.2) is 0 Å². The van der Waals surface area contributed by atoms with Gasteiger partial charge in [0, 0.05) is 6.42 Å². The van der Waals surface area contributed by atoms with Gasteiger partial charge >= 0.3 is 6.16 Å². The summed E-state index contributed by atoms with van der Waals surface area (Å²) in [6, 6.07) is 0. The van der Waals surface area contributed by atoms with Gasteiger partial charge in [-0.05, 0) is 12.5 Å². The van der Waals surface area contributed by atoms with Crippen LogP contribution in [-0.4, -0.2) is 11.3 Å². The van der Waals surface area contributed by atoms with Gasteiger partial charge in [-0.2, -0.15) is 0 Å². The molecule has 0 aliphatic heterocycles. The molecule has 0 saturated heterocycles. The van der Waals surface area contributed by atoms with Crippen molar-refractivity contribution < 1.29 is 14.6 Å². The smallest absolute Gasteiger partial charge is 0.449 e. The van der Waals surface area contributed by atoms with Gasteiger partial charge in [0.25, 0.3) is 0 Å². The second-order valence-electron chi connectivity index (χ2n) is 1.80. The number of carbonyl (C=O) groups is 1. The second kappa shape index (κ2) is 4.85. The normalized spacial score (nSPS) is 11.2. The van der Waals surface area contributed by atoms with E-state index in [1.54, 1.807) is 6.08 Å². The third kappa shape index (κ3) is 3.95. The third-order valence-corrected chi connectivity index (χ3v) is 0.999. The quantitative estimate of drug-likeness (QED) is 0.488. The van der Waals surface area contributed by atoms with Gasteiger partial charge in [0.1, 0.15) is 5.76 Å². The molecule has 0 amide bonds. The van der Waals surface area contributed by atoms with Gasteiger partial charge in [-0.3, -0.25) is 0 Å². The van der Waals surface area contributed by atoms with Gasteiger partial charge in [-0.25, -0.2) is 4.79 Å². The SMILES string of the molecule is CC/C=C(\CC)OC(=O)O. The molecule has 1 N–H and O–H groups in total. The van der Waals surface area contributed by atoms with E-state index in [-0.39, 0.29) is 0 Å². The molecule has 10 heavy (non-hydrogen) atoms. The fraction of sp³-hybridized carbons (Fsp3) is 0.571. The van der Waals surface area contributed by atoms with E-state index in [1.807, 2.05) is 13.8 Å². The highest BCUT2D eigenvalue weighted by atomic mass is 16.7. The largest absolute Gasteiger partial charge is 0.511 e. The number of hydrogen-bond donors (Lipinski definition) is 1. The maximum atomic E-state index is 9.98. The summed E-state index contributed by atoms with van der Waals surface area (Å²) in [5.41, 5.74) is 0. The minimum absolute atomic E-state index is 0.523. The number of hydrogen-bond acceptors (Lipinski definition) is 2. The summed E-state index contributed by atoms with van der Waals surface area (Å²) in [5, 5.41) is 8.18. The van der Waals surface area contributed by atoms with Crippen molar-refractivity contribution in [3.63, 3.8) is 0 Å². The highest BCUT2D eigenvalue weighted by Gasteiger charge is 1.99. The van der Waals surface area contributed by atoms with Crippen molar-refractivity contribution in [1.29, 1.82) is 0 Å². The molecule has 0 bridgehead atoms. The summed E-state index contributed by atoms with van der Waals surface area (Å²) in [7, 11) is 0. The minimum Gasteiger partial charge on any atom is -0.449 e. The van der Waals surface area contributed by atoms with Gasteiger partial charge in [-0.1, -0.05) is 13.8 Å². The zero-order valence-electron chi connectivity index (χ0n) is 6.26. The van der Waals surface area contributed by atoms with Crippen LogP contribution in [0.2, 0.25) is 0 Å². The second-order valence-corrected chi connectivity index (χ2v) is 1.80. The van der Waals surface area contributed by atoms with E-state index in [0.29, 0.717) is 12.2 Å². The lowest BCUT2D eigenvalue weighted by Gasteiger charge is -2.00. The van der Waals surface area contributed by atoms with Crippen LogP contribution in [0.5, 0.6) is 0 Å². The summed E-state index contributed by atoms with van der Waals surface area (Å²) in [6.45, 7) is 3.78. The van der Waals surface area contributed by atoms with Crippen LogP contribution in [0.1, 0.15) is 26.7 Å². The molecule has 0 aromatic rings. The molecular weight excluding hydrogens is 132 g/mol. The molecule has 0 atom stereocenters. The molecule has 0 spiro atoms. The fourth-order valence-electron chi connectivity index (χ4n) is 0.598. The highest BCUT2D eigenvalue weighted by Crippen LogP contribution is 2.03. The standard InChI is InChI=1S/C7H12O3/c1-3-5-6(4-2)10-7(8)9/h5H,3-4H2,1-2H3,(H,8,9)/b6-5+. The van der Waals surface area contributed by atoms with Crippen molar-refractivity contribution in [3.8, 4) is 0 Å². The summed E-state index contributed by atoms with van der Waals surface area (Å²) in [5.74, 6) is 0.523. The molecule has 0 aliphatic rings. The first-order chi connectivity index (χ1) is 4.70. The molecule has 3 heteroatoms. The van der Waals surface area contributed by atoms with Crippen molar-refractivity contribution >= 4 is 6.16 Å². The van der Waals surface area contributed by atoms with E-state index in [2.05, 4.69) is 4.74 Å². The Hall–Kier alpha value is -0.990. The van der Waals surface area contributed by atoms with E-state index < -0.39 is 6.16 Å². The molecular formula is C7H12O3. The van der Waals surface area contributed by atoms with Crippen LogP contribution in [0, 0.1) is 0 Å². The van der Waals surface area contributed by atoms with E-state index in [4.69, 9.17) is 5.11 Å². The van der Waals surface area contributed by atoms with E-state index in [9.17, 15) is 4.79 Å².